The second-order valence-corrected chi connectivity index (χ2v) is 6.46. The number of carbonyl (C=O) groups is 2. The van der Waals surface area contributed by atoms with Crippen LogP contribution in [-0.4, -0.2) is 26.2 Å². The van der Waals surface area contributed by atoms with Gasteiger partial charge in [0.2, 0.25) is 5.91 Å². The lowest BCUT2D eigenvalue weighted by atomic mass is 10.2. The van der Waals surface area contributed by atoms with Gasteiger partial charge in [-0.15, -0.1) is 0 Å². The Morgan fingerprint density at radius 3 is 1.90 bits per heavy atom. The SMILES string of the molecule is COc1ccc(/C=C/C(=O)Nc2ccc(NC(=O)Nc3ccccc3)cc2)cc1OC. The van der Waals surface area contributed by atoms with Crippen molar-refractivity contribution in [2.24, 2.45) is 0 Å². The topological polar surface area (TPSA) is 88.7 Å². The first-order chi connectivity index (χ1) is 15.1. The molecule has 3 aromatic carbocycles. The Morgan fingerprint density at radius 2 is 1.29 bits per heavy atom. The highest BCUT2D eigenvalue weighted by atomic mass is 16.5. The predicted octanol–water partition coefficient (Wildman–Crippen LogP) is 5.00. The summed E-state index contributed by atoms with van der Waals surface area (Å²) in [6.45, 7) is 0. The van der Waals surface area contributed by atoms with Crippen LogP contribution in [0.2, 0.25) is 0 Å². The molecule has 0 unspecified atom stereocenters. The van der Waals surface area contributed by atoms with Crippen LogP contribution < -0.4 is 25.4 Å². The molecule has 7 heteroatoms. The molecule has 3 N–H and O–H groups in total. The molecule has 0 radical (unpaired) electrons. The number of amides is 3. The van der Waals surface area contributed by atoms with Crippen molar-refractivity contribution in [1.29, 1.82) is 0 Å². The number of anilines is 3. The van der Waals surface area contributed by atoms with Crippen molar-refractivity contribution in [3.63, 3.8) is 0 Å². The number of benzene rings is 3. The molecule has 3 rings (SSSR count). The van der Waals surface area contributed by atoms with Crippen molar-refractivity contribution in [3.8, 4) is 11.5 Å². The Labute approximate surface area is 180 Å². The fourth-order valence-corrected chi connectivity index (χ4v) is 2.76. The van der Waals surface area contributed by atoms with Crippen LogP contribution in [0.25, 0.3) is 6.08 Å². The van der Waals surface area contributed by atoms with Crippen molar-refractivity contribution in [2.45, 2.75) is 0 Å². The first-order valence-corrected chi connectivity index (χ1v) is 9.51. The third-order valence-electron chi connectivity index (χ3n) is 4.28. The molecule has 3 amide bonds. The molecule has 7 nitrogen and oxygen atoms in total. The maximum absolute atomic E-state index is 12.2. The summed E-state index contributed by atoms with van der Waals surface area (Å²) in [5, 5.41) is 8.25. The summed E-state index contributed by atoms with van der Waals surface area (Å²) in [5.41, 5.74) is 2.71. The fraction of sp³-hybridized carbons (Fsp3) is 0.0833. The molecule has 0 spiro atoms. The summed E-state index contributed by atoms with van der Waals surface area (Å²) in [5.74, 6) is 0.928. The Morgan fingerprint density at radius 1 is 0.710 bits per heavy atom. The van der Waals surface area contributed by atoms with E-state index in [1.165, 1.54) is 6.08 Å². The maximum Gasteiger partial charge on any atom is 0.323 e. The van der Waals surface area contributed by atoms with E-state index in [2.05, 4.69) is 16.0 Å². The number of methoxy groups -OCH3 is 2. The maximum atomic E-state index is 12.2. The second kappa shape index (κ2) is 10.5. The molecule has 0 saturated heterocycles. The van der Waals surface area contributed by atoms with E-state index in [0.29, 0.717) is 28.6 Å². The van der Waals surface area contributed by atoms with Gasteiger partial charge in [0.25, 0.3) is 0 Å². The molecule has 0 aliphatic rings. The molecule has 0 fully saturated rings. The van der Waals surface area contributed by atoms with Crippen molar-refractivity contribution < 1.29 is 19.1 Å². The highest BCUT2D eigenvalue weighted by molar-refractivity contribution is 6.02. The average molecular weight is 417 g/mol. The van der Waals surface area contributed by atoms with Gasteiger partial charge >= 0.3 is 6.03 Å². The van der Waals surface area contributed by atoms with Crippen LogP contribution in [0.1, 0.15) is 5.56 Å². The molecule has 0 aliphatic carbocycles. The van der Waals surface area contributed by atoms with Crippen LogP contribution in [0.5, 0.6) is 11.5 Å². The largest absolute Gasteiger partial charge is 0.493 e. The molecular formula is C24H23N3O4. The van der Waals surface area contributed by atoms with Crippen LogP contribution in [-0.2, 0) is 4.79 Å². The molecule has 0 saturated carbocycles. The van der Waals surface area contributed by atoms with E-state index >= 15 is 0 Å². The van der Waals surface area contributed by atoms with Gasteiger partial charge in [-0.3, -0.25) is 4.79 Å². The summed E-state index contributed by atoms with van der Waals surface area (Å²) in [7, 11) is 3.12. The van der Waals surface area contributed by atoms with Crippen LogP contribution in [0, 0.1) is 0 Å². The summed E-state index contributed by atoms with van der Waals surface area (Å²) < 4.78 is 10.5. The highest BCUT2D eigenvalue weighted by Crippen LogP contribution is 2.28. The Kier molecular flexibility index (Phi) is 7.26. The van der Waals surface area contributed by atoms with Gasteiger partial charge in [0, 0.05) is 23.1 Å². The summed E-state index contributed by atoms with van der Waals surface area (Å²) >= 11 is 0. The quantitative estimate of drug-likeness (QED) is 0.472. The number of urea groups is 1. The Hall–Kier alpha value is -4.26. The zero-order valence-electron chi connectivity index (χ0n) is 17.2. The highest BCUT2D eigenvalue weighted by Gasteiger charge is 2.05. The molecule has 3 aromatic rings. The fourth-order valence-electron chi connectivity index (χ4n) is 2.76. The monoisotopic (exact) mass is 417 g/mol. The summed E-state index contributed by atoms with van der Waals surface area (Å²) in [4.78, 5) is 24.2. The third-order valence-corrected chi connectivity index (χ3v) is 4.28. The Balaban J connectivity index is 1.54. The van der Waals surface area contributed by atoms with Crippen LogP contribution in [0.3, 0.4) is 0 Å². The van der Waals surface area contributed by atoms with E-state index in [9.17, 15) is 9.59 Å². The molecule has 0 bridgehead atoms. The Bertz CT molecular complexity index is 1060. The first kappa shape index (κ1) is 21.4. The lowest BCUT2D eigenvalue weighted by molar-refractivity contribution is -0.111. The van der Waals surface area contributed by atoms with Gasteiger partial charge in [-0.25, -0.2) is 4.79 Å². The number of nitrogens with one attached hydrogen (secondary N) is 3. The van der Waals surface area contributed by atoms with Crippen LogP contribution in [0.15, 0.2) is 78.9 Å². The van der Waals surface area contributed by atoms with Crippen molar-refractivity contribution in [1.82, 2.24) is 0 Å². The average Bonchev–Trinajstić information content (AvgIpc) is 2.79. The van der Waals surface area contributed by atoms with Crippen molar-refractivity contribution in [3.05, 3.63) is 84.4 Å². The minimum absolute atomic E-state index is 0.280. The van der Waals surface area contributed by atoms with E-state index < -0.39 is 0 Å². The molecular weight excluding hydrogens is 394 g/mol. The first-order valence-electron chi connectivity index (χ1n) is 9.51. The lowest BCUT2D eigenvalue weighted by Gasteiger charge is -2.09. The molecule has 0 aromatic heterocycles. The normalized spacial score (nSPS) is 10.4. The zero-order chi connectivity index (χ0) is 22.1. The molecule has 0 atom stereocenters. The second-order valence-electron chi connectivity index (χ2n) is 6.46. The van der Waals surface area contributed by atoms with Gasteiger partial charge in [-0.1, -0.05) is 24.3 Å². The van der Waals surface area contributed by atoms with E-state index in [0.717, 1.165) is 5.56 Å². The molecule has 31 heavy (non-hydrogen) atoms. The number of ether oxygens (including phenoxy) is 2. The molecule has 158 valence electrons. The van der Waals surface area contributed by atoms with Crippen LogP contribution in [0.4, 0.5) is 21.9 Å². The predicted molar refractivity (Wildman–Crippen MR) is 123 cm³/mol. The van der Waals surface area contributed by atoms with Gasteiger partial charge in [-0.05, 0) is 60.2 Å². The van der Waals surface area contributed by atoms with Gasteiger partial charge in [0.1, 0.15) is 0 Å². The number of rotatable bonds is 7. The van der Waals surface area contributed by atoms with Gasteiger partial charge in [0.05, 0.1) is 14.2 Å². The number of hydrogen-bond acceptors (Lipinski definition) is 4. The third kappa shape index (κ3) is 6.37. The van der Waals surface area contributed by atoms with E-state index in [-0.39, 0.29) is 11.9 Å². The van der Waals surface area contributed by atoms with Gasteiger partial charge in [0.15, 0.2) is 11.5 Å². The van der Waals surface area contributed by atoms with E-state index in [1.54, 1.807) is 68.8 Å². The van der Waals surface area contributed by atoms with E-state index in [4.69, 9.17) is 9.47 Å². The van der Waals surface area contributed by atoms with Crippen molar-refractivity contribution in [2.75, 3.05) is 30.2 Å². The van der Waals surface area contributed by atoms with Gasteiger partial charge < -0.3 is 25.4 Å². The van der Waals surface area contributed by atoms with E-state index in [1.807, 2.05) is 24.3 Å². The zero-order valence-corrected chi connectivity index (χ0v) is 17.2. The minimum Gasteiger partial charge on any atom is -0.493 e. The smallest absolute Gasteiger partial charge is 0.323 e. The van der Waals surface area contributed by atoms with Gasteiger partial charge in [-0.2, -0.15) is 0 Å². The lowest BCUT2D eigenvalue weighted by Crippen LogP contribution is -2.19. The number of para-hydroxylation sites is 1. The van der Waals surface area contributed by atoms with Crippen LogP contribution >= 0.6 is 0 Å². The molecule has 0 aliphatic heterocycles. The number of hydrogen-bond donors (Lipinski definition) is 3. The number of carbonyl (C=O) groups excluding carboxylic acids is 2. The standard InChI is InChI=1S/C24H23N3O4/c1-30-21-14-8-17(16-22(21)31-2)9-15-23(28)25-19-10-12-20(13-11-19)27-24(29)26-18-6-4-3-5-7-18/h3-16H,1-2H3,(H,25,28)(H2,26,27,29)/b15-9+. The summed E-state index contributed by atoms with van der Waals surface area (Å²) in [6.07, 6.45) is 3.11. The summed E-state index contributed by atoms with van der Waals surface area (Å²) in [6, 6.07) is 21.0. The minimum atomic E-state index is -0.346. The van der Waals surface area contributed by atoms with Crippen molar-refractivity contribution >= 4 is 35.1 Å². The molecule has 0 heterocycles.